The number of aromatic nitrogens is 1. The maximum Gasteiger partial charge on any atom is 0.194 e. The van der Waals surface area contributed by atoms with Crippen LogP contribution < -0.4 is 9.47 Å². The Morgan fingerprint density at radius 1 is 1.19 bits per heavy atom. The zero-order valence-electron chi connectivity index (χ0n) is 11.4. The molecule has 0 aliphatic carbocycles. The van der Waals surface area contributed by atoms with Crippen molar-refractivity contribution in [2.24, 2.45) is 0 Å². The molecule has 0 atom stereocenters. The summed E-state index contributed by atoms with van der Waals surface area (Å²) in [5, 5.41) is 0.203. The van der Waals surface area contributed by atoms with Crippen LogP contribution in [0.3, 0.4) is 0 Å². The van der Waals surface area contributed by atoms with E-state index in [0.29, 0.717) is 23.3 Å². The minimum absolute atomic E-state index is 0.203. The lowest BCUT2D eigenvalue weighted by atomic mass is 9.99. The molecule has 0 unspecified atom stereocenters. The maximum absolute atomic E-state index is 12.5. The number of rotatable bonds is 5. The molecule has 1 aromatic carbocycles. The van der Waals surface area contributed by atoms with Crippen LogP contribution in [0.5, 0.6) is 11.5 Å². The lowest BCUT2D eigenvalue weighted by Gasteiger charge is -2.11. The van der Waals surface area contributed by atoms with Gasteiger partial charge in [-0.05, 0) is 24.3 Å². The van der Waals surface area contributed by atoms with Crippen molar-refractivity contribution in [1.29, 1.82) is 0 Å². The van der Waals surface area contributed by atoms with Crippen LogP contribution >= 0.6 is 11.6 Å². The number of pyridine rings is 1. The fourth-order valence-electron chi connectivity index (χ4n) is 1.89. The van der Waals surface area contributed by atoms with E-state index in [1.165, 1.54) is 44.7 Å². The van der Waals surface area contributed by atoms with Crippen LogP contribution in [0.25, 0.3) is 0 Å². The summed E-state index contributed by atoms with van der Waals surface area (Å²) in [5.74, 6) is 0.401. The first-order chi connectivity index (χ1) is 10.1. The fraction of sp³-hybridized carbons (Fsp3) is 0.133. The van der Waals surface area contributed by atoms with Crippen molar-refractivity contribution in [2.75, 3.05) is 14.2 Å². The quantitative estimate of drug-likeness (QED) is 0.483. The molecule has 5 nitrogen and oxygen atoms in total. The first kappa shape index (κ1) is 15.0. The number of aldehydes is 1. The number of benzene rings is 1. The van der Waals surface area contributed by atoms with Gasteiger partial charge >= 0.3 is 0 Å². The van der Waals surface area contributed by atoms with E-state index in [9.17, 15) is 9.59 Å². The van der Waals surface area contributed by atoms with Crippen LogP contribution in [0.4, 0.5) is 0 Å². The summed E-state index contributed by atoms with van der Waals surface area (Å²) in [6, 6.07) is 5.90. The predicted octanol–water partition coefficient (Wildman–Crippen LogP) is 2.80. The molecule has 0 N–H and O–H groups in total. The van der Waals surface area contributed by atoms with Crippen molar-refractivity contribution >= 4 is 23.7 Å². The summed E-state index contributed by atoms with van der Waals surface area (Å²) in [6.45, 7) is 0. The van der Waals surface area contributed by atoms with Gasteiger partial charge in [-0.15, -0.1) is 0 Å². The van der Waals surface area contributed by atoms with Gasteiger partial charge in [0.05, 0.1) is 14.2 Å². The maximum atomic E-state index is 12.5. The molecule has 0 aliphatic heterocycles. The monoisotopic (exact) mass is 305 g/mol. The molecule has 0 spiro atoms. The van der Waals surface area contributed by atoms with Gasteiger partial charge in [-0.2, -0.15) is 0 Å². The number of nitrogens with zero attached hydrogens (tertiary/aromatic N) is 1. The SMILES string of the molecule is COc1cc(C=O)c(C(=O)c2ccnc(Cl)c2)cc1OC. The van der Waals surface area contributed by atoms with E-state index in [4.69, 9.17) is 21.1 Å². The van der Waals surface area contributed by atoms with Crippen LogP contribution in [0.15, 0.2) is 30.5 Å². The van der Waals surface area contributed by atoms with Gasteiger partial charge in [-0.25, -0.2) is 4.98 Å². The molecule has 1 heterocycles. The van der Waals surface area contributed by atoms with Crippen molar-refractivity contribution in [1.82, 2.24) is 4.98 Å². The Kier molecular flexibility index (Phi) is 4.55. The lowest BCUT2D eigenvalue weighted by molar-refractivity contribution is 0.102. The molecule has 0 amide bonds. The van der Waals surface area contributed by atoms with Crippen LogP contribution in [-0.2, 0) is 0 Å². The topological polar surface area (TPSA) is 65.5 Å². The molecule has 0 radical (unpaired) electrons. The number of halogens is 1. The Hall–Kier alpha value is -2.40. The molecule has 21 heavy (non-hydrogen) atoms. The van der Waals surface area contributed by atoms with Gasteiger partial charge in [-0.1, -0.05) is 11.6 Å². The van der Waals surface area contributed by atoms with E-state index in [2.05, 4.69) is 4.98 Å². The highest BCUT2D eigenvalue weighted by Crippen LogP contribution is 2.31. The van der Waals surface area contributed by atoms with Crippen molar-refractivity contribution in [3.05, 3.63) is 52.3 Å². The zero-order chi connectivity index (χ0) is 15.4. The third-order valence-corrected chi connectivity index (χ3v) is 3.12. The van der Waals surface area contributed by atoms with E-state index in [1.807, 2.05) is 0 Å². The Balaban J connectivity index is 2.56. The van der Waals surface area contributed by atoms with Gasteiger partial charge in [0, 0.05) is 22.9 Å². The number of hydrogen-bond donors (Lipinski definition) is 0. The number of methoxy groups -OCH3 is 2. The highest BCUT2D eigenvalue weighted by atomic mass is 35.5. The summed E-state index contributed by atoms with van der Waals surface area (Å²) in [4.78, 5) is 27.5. The summed E-state index contributed by atoms with van der Waals surface area (Å²) >= 11 is 5.78. The second-order valence-corrected chi connectivity index (χ2v) is 4.50. The van der Waals surface area contributed by atoms with Gasteiger partial charge in [0.25, 0.3) is 0 Å². The lowest BCUT2D eigenvalue weighted by Crippen LogP contribution is -2.07. The Morgan fingerprint density at radius 3 is 2.43 bits per heavy atom. The number of ketones is 1. The molecule has 0 saturated heterocycles. The van der Waals surface area contributed by atoms with Crippen molar-refractivity contribution in [2.45, 2.75) is 0 Å². The van der Waals surface area contributed by atoms with Crippen LogP contribution in [-0.4, -0.2) is 31.3 Å². The van der Waals surface area contributed by atoms with Gasteiger partial charge < -0.3 is 9.47 Å². The second kappa shape index (κ2) is 6.37. The summed E-state index contributed by atoms with van der Waals surface area (Å²) in [6.07, 6.45) is 2.02. The van der Waals surface area contributed by atoms with Crippen LogP contribution in [0.2, 0.25) is 5.15 Å². The van der Waals surface area contributed by atoms with Gasteiger partial charge in [0.15, 0.2) is 23.6 Å². The van der Waals surface area contributed by atoms with E-state index in [-0.39, 0.29) is 22.1 Å². The van der Waals surface area contributed by atoms with E-state index < -0.39 is 0 Å². The Morgan fingerprint density at radius 2 is 1.86 bits per heavy atom. The average molecular weight is 306 g/mol. The highest BCUT2D eigenvalue weighted by molar-refractivity contribution is 6.30. The highest BCUT2D eigenvalue weighted by Gasteiger charge is 2.18. The van der Waals surface area contributed by atoms with Gasteiger partial charge in [0.1, 0.15) is 5.15 Å². The predicted molar refractivity (Wildman–Crippen MR) is 77.6 cm³/mol. The molecule has 0 saturated carbocycles. The van der Waals surface area contributed by atoms with Crippen LogP contribution in [0.1, 0.15) is 26.3 Å². The molecular weight excluding hydrogens is 294 g/mol. The Bertz CT molecular complexity index is 700. The van der Waals surface area contributed by atoms with Crippen molar-refractivity contribution < 1.29 is 19.1 Å². The first-order valence-corrected chi connectivity index (χ1v) is 6.36. The molecule has 6 heteroatoms. The Labute approximate surface area is 126 Å². The summed E-state index contributed by atoms with van der Waals surface area (Å²) < 4.78 is 10.3. The summed E-state index contributed by atoms with van der Waals surface area (Å²) in [7, 11) is 2.91. The summed E-state index contributed by atoms with van der Waals surface area (Å²) in [5.41, 5.74) is 0.765. The van der Waals surface area contributed by atoms with Crippen LogP contribution in [0, 0.1) is 0 Å². The number of hydrogen-bond acceptors (Lipinski definition) is 5. The van der Waals surface area contributed by atoms with E-state index >= 15 is 0 Å². The third kappa shape index (κ3) is 3.03. The van der Waals surface area contributed by atoms with Gasteiger partial charge in [0.2, 0.25) is 0 Å². The molecule has 1 aromatic heterocycles. The normalized spacial score (nSPS) is 10.0. The number of carbonyl (C=O) groups is 2. The van der Waals surface area contributed by atoms with Crippen molar-refractivity contribution in [3.8, 4) is 11.5 Å². The molecule has 0 bridgehead atoms. The average Bonchev–Trinajstić information content (AvgIpc) is 2.52. The first-order valence-electron chi connectivity index (χ1n) is 5.98. The fourth-order valence-corrected chi connectivity index (χ4v) is 2.06. The van der Waals surface area contributed by atoms with E-state index in [0.717, 1.165) is 0 Å². The smallest absolute Gasteiger partial charge is 0.194 e. The zero-order valence-corrected chi connectivity index (χ0v) is 12.2. The molecular formula is C15H12ClNO4. The molecule has 0 aliphatic rings. The number of carbonyl (C=O) groups excluding carboxylic acids is 2. The largest absolute Gasteiger partial charge is 0.493 e. The molecule has 2 rings (SSSR count). The van der Waals surface area contributed by atoms with E-state index in [1.54, 1.807) is 0 Å². The number of ether oxygens (including phenoxy) is 2. The minimum Gasteiger partial charge on any atom is -0.493 e. The standard InChI is InChI=1S/C15H12ClNO4/c1-20-12-5-10(8-18)11(7-13(12)21-2)15(19)9-3-4-17-14(16)6-9/h3-8H,1-2H3. The third-order valence-electron chi connectivity index (χ3n) is 2.92. The van der Waals surface area contributed by atoms with Gasteiger partial charge in [-0.3, -0.25) is 9.59 Å². The second-order valence-electron chi connectivity index (χ2n) is 4.11. The van der Waals surface area contributed by atoms with Crippen molar-refractivity contribution in [3.63, 3.8) is 0 Å². The minimum atomic E-state index is -0.345. The molecule has 0 fully saturated rings. The molecule has 2 aromatic rings. The molecule has 108 valence electrons.